The van der Waals surface area contributed by atoms with Gasteiger partial charge in [0, 0.05) is 38.8 Å². The predicted molar refractivity (Wildman–Crippen MR) is 224 cm³/mol. The fraction of sp³-hybridized carbons (Fsp3) is 0.511. The summed E-state index contributed by atoms with van der Waals surface area (Å²) < 4.78 is 11.9. The lowest BCUT2D eigenvalue weighted by molar-refractivity contribution is -0.122. The van der Waals surface area contributed by atoms with Crippen LogP contribution in [0.3, 0.4) is 0 Å². The zero-order chi connectivity index (χ0) is 40.0. The number of rotatable bonds is 26. The van der Waals surface area contributed by atoms with Crippen molar-refractivity contribution in [2.45, 2.75) is 122 Å². The van der Waals surface area contributed by atoms with Crippen molar-refractivity contribution in [2.75, 3.05) is 42.8 Å². The highest BCUT2D eigenvalue weighted by Gasteiger charge is 2.30. The Kier molecular flexibility index (Phi) is 19.2. The first kappa shape index (κ1) is 43.8. The Balaban J connectivity index is 1.25. The summed E-state index contributed by atoms with van der Waals surface area (Å²) in [6, 6.07) is 19.0. The summed E-state index contributed by atoms with van der Waals surface area (Å²) in [5.74, 6) is -0.839. The van der Waals surface area contributed by atoms with Crippen molar-refractivity contribution in [1.29, 1.82) is 0 Å². The van der Waals surface area contributed by atoms with Crippen LogP contribution in [0.5, 0.6) is 11.5 Å². The molecule has 4 amide bonds. The molecule has 1 aliphatic heterocycles. The molecule has 1 aliphatic rings. The van der Waals surface area contributed by atoms with E-state index in [0.29, 0.717) is 12.3 Å². The number of nitrogens with one attached hydrogen (secondary N) is 4. The third-order valence-electron chi connectivity index (χ3n) is 9.94. The van der Waals surface area contributed by atoms with E-state index < -0.39 is 23.8 Å². The minimum atomic E-state index is -0.924. The van der Waals surface area contributed by atoms with Gasteiger partial charge in [-0.25, -0.2) is 0 Å². The highest BCUT2D eigenvalue weighted by Crippen LogP contribution is 2.37. The summed E-state index contributed by atoms with van der Waals surface area (Å²) in [4.78, 5) is 54.5. The van der Waals surface area contributed by atoms with Crippen LogP contribution >= 0.6 is 0 Å². The molecule has 4 N–H and O–H groups in total. The molecule has 56 heavy (non-hydrogen) atoms. The van der Waals surface area contributed by atoms with Crippen LogP contribution in [-0.4, -0.2) is 56.9 Å². The summed E-state index contributed by atoms with van der Waals surface area (Å²) in [7, 11) is 3.83. The van der Waals surface area contributed by atoms with E-state index >= 15 is 0 Å². The van der Waals surface area contributed by atoms with Crippen LogP contribution in [-0.2, 0) is 25.7 Å². The van der Waals surface area contributed by atoms with Gasteiger partial charge in [0.15, 0.2) is 5.75 Å². The molecular formula is C45H63N5O6. The third kappa shape index (κ3) is 15.7. The number of fused-ring (bicyclic) bond motifs is 1. The molecule has 4 rings (SSSR count). The van der Waals surface area contributed by atoms with Crippen molar-refractivity contribution < 1.29 is 28.7 Å². The maximum absolute atomic E-state index is 13.5. The zero-order valence-corrected chi connectivity index (χ0v) is 33.8. The molecule has 0 fully saturated rings. The van der Waals surface area contributed by atoms with Crippen LogP contribution in [0.2, 0.25) is 0 Å². The predicted octanol–water partition coefficient (Wildman–Crippen LogP) is 9.13. The fourth-order valence-electron chi connectivity index (χ4n) is 6.66. The Morgan fingerprint density at radius 3 is 2.09 bits per heavy atom. The molecule has 0 saturated carbocycles. The zero-order valence-electron chi connectivity index (χ0n) is 33.8. The summed E-state index contributed by atoms with van der Waals surface area (Å²) >= 11 is 0. The average Bonchev–Trinajstić information content (AvgIpc) is 3.30. The second-order valence-electron chi connectivity index (χ2n) is 14.9. The largest absolute Gasteiger partial charge is 0.455 e. The lowest BCUT2D eigenvalue weighted by Crippen LogP contribution is -2.42. The van der Waals surface area contributed by atoms with E-state index in [1.54, 1.807) is 6.07 Å². The van der Waals surface area contributed by atoms with E-state index in [4.69, 9.17) is 9.47 Å². The molecule has 3 aromatic carbocycles. The van der Waals surface area contributed by atoms with Gasteiger partial charge >= 0.3 is 0 Å². The maximum atomic E-state index is 13.5. The van der Waals surface area contributed by atoms with Crippen LogP contribution in [0, 0.1) is 0 Å². The average molecular weight is 770 g/mol. The lowest BCUT2D eigenvalue weighted by Gasteiger charge is -2.17. The number of unbranched alkanes of at least 4 members (excludes halogenated alkanes) is 13. The Morgan fingerprint density at radius 1 is 0.768 bits per heavy atom. The van der Waals surface area contributed by atoms with Gasteiger partial charge in [-0.3, -0.25) is 19.2 Å². The van der Waals surface area contributed by atoms with Crippen molar-refractivity contribution in [3.05, 3.63) is 77.9 Å². The lowest BCUT2D eigenvalue weighted by atomic mass is 10.0. The van der Waals surface area contributed by atoms with E-state index in [1.807, 2.05) is 67.5 Å². The maximum Gasteiger partial charge on any atom is 0.254 e. The summed E-state index contributed by atoms with van der Waals surface area (Å²) in [6.07, 6.45) is 18.1. The molecule has 11 heteroatoms. The van der Waals surface area contributed by atoms with Gasteiger partial charge in [0.05, 0.1) is 23.5 Å². The van der Waals surface area contributed by atoms with Gasteiger partial charge in [0.25, 0.3) is 5.91 Å². The smallest absolute Gasteiger partial charge is 0.254 e. The van der Waals surface area contributed by atoms with Crippen molar-refractivity contribution in [2.24, 2.45) is 0 Å². The van der Waals surface area contributed by atoms with Crippen molar-refractivity contribution in [3.63, 3.8) is 0 Å². The molecule has 3 aromatic rings. The summed E-state index contributed by atoms with van der Waals surface area (Å²) in [6.45, 7) is 2.89. The molecule has 304 valence electrons. The van der Waals surface area contributed by atoms with Gasteiger partial charge in [-0.05, 0) is 42.7 Å². The highest BCUT2D eigenvalue weighted by molar-refractivity contribution is 6.11. The number of carbonyl (C=O) groups excluding carboxylic acids is 4. The first-order chi connectivity index (χ1) is 27.2. The highest BCUT2D eigenvalue weighted by atomic mass is 16.5. The first-order valence-corrected chi connectivity index (χ1v) is 20.7. The molecule has 0 bridgehead atoms. The molecule has 0 radical (unpaired) electrons. The van der Waals surface area contributed by atoms with E-state index in [0.717, 1.165) is 24.1 Å². The van der Waals surface area contributed by atoms with Gasteiger partial charge in [0.1, 0.15) is 18.4 Å². The normalized spacial score (nSPS) is 13.6. The minimum Gasteiger partial charge on any atom is -0.455 e. The Hall–Kier alpha value is -4.90. The minimum absolute atomic E-state index is 0.0914. The van der Waals surface area contributed by atoms with Crippen LogP contribution in [0.1, 0.15) is 126 Å². The van der Waals surface area contributed by atoms with Crippen LogP contribution in [0.25, 0.3) is 0 Å². The molecule has 0 spiro atoms. The number of ether oxygens (including phenoxy) is 2. The van der Waals surface area contributed by atoms with E-state index in [9.17, 15) is 19.2 Å². The molecule has 0 aliphatic carbocycles. The SMILES string of the molecule is CCCCCCCCCCCCCCCCNC(=O)CC[C@H]1NC(=O)c2cc(Oc3cccc(N(C)C)c3)c(NC(=O)COCc3ccccc3)cc2NC1=O. The van der Waals surface area contributed by atoms with Crippen molar-refractivity contribution in [3.8, 4) is 11.5 Å². The fourth-order valence-corrected chi connectivity index (χ4v) is 6.66. The van der Waals surface area contributed by atoms with Gasteiger partial charge in [-0.15, -0.1) is 0 Å². The van der Waals surface area contributed by atoms with Gasteiger partial charge < -0.3 is 35.6 Å². The quantitative estimate of drug-likeness (QED) is 0.0598. The number of hydrogen-bond donors (Lipinski definition) is 4. The molecule has 11 nitrogen and oxygen atoms in total. The molecule has 0 saturated heterocycles. The number of hydrogen-bond acceptors (Lipinski definition) is 7. The van der Waals surface area contributed by atoms with E-state index in [-0.39, 0.29) is 54.7 Å². The number of anilines is 3. The second-order valence-corrected chi connectivity index (χ2v) is 14.9. The van der Waals surface area contributed by atoms with Crippen LogP contribution < -0.4 is 30.9 Å². The summed E-state index contributed by atoms with van der Waals surface area (Å²) in [5, 5.41) is 11.4. The second kappa shape index (κ2) is 24.6. The van der Waals surface area contributed by atoms with Crippen LogP contribution in [0.15, 0.2) is 66.7 Å². The van der Waals surface area contributed by atoms with Crippen LogP contribution in [0.4, 0.5) is 17.1 Å². The first-order valence-electron chi connectivity index (χ1n) is 20.7. The third-order valence-corrected chi connectivity index (χ3v) is 9.94. The van der Waals surface area contributed by atoms with Gasteiger partial charge in [-0.1, -0.05) is 127 Å². The van der Waals surface area contributed by atoms with Gasteiger partial charge in [-0.2, -0.15) is 0 Å². The van der Waals surface area contributed by atoms with Gasteiger partial charge in [0.2, 0.25) is 17.7 Å². The number of nitrogens with zero attached hydrogens (tertiary/aromatic N) is 1. The Morgan fingerprint density at radius 2 is 1.43 bits per heavy atom. The molecular weight excluding hydrogens is 707 g/mol. The van der Waals surface area contributed by atoms with E-state index in [1.165, 1.54) is 89.2 Å². The monoisotopic (exact) mass is 769 g/mol. The van der Waals surface area contributed by atoms with E-state index in [2.05, 4.69) is 28.2 Å². The number of amides is 4. The van der Waals surface area contributed by atoms with Crippen molar-refractivity contribution in [1.82, 2.24) is 10.6 Å². The summed E-state index contributed by atoms with van der Waals surface area (Å²) in [5.41, 5.74) is 2.46. The Labute approximate surface area is 333 Å². The topological polar surface area (TPSA) is 138 Å². The molecule has 1 atom stereocenters. The Bertz CT molecular complexity index is 1680. The molecule has 1 heterocycles. The molecule has 0 aromatic heterocycles. The number of benzene rings is 3. The standard InChI is InChI=1S/C45H63N5O6/c1-4-5-6-7-8-9-10-11-12-13-14-15-16-20-28-46-42(51)27-26-38-45(54)49-39-31-40(47-43(52)33-55-32-34-22-18-17-19-23-34)41(30-37(39)44(53)48-38)56-36-25-21-24-35(29-36)50(2)3/h17-19,21-25,29-31,38H,4-16,20,26-28,32-33H2,1-3H3,(H,46,51)(H,47,52)(H,48,53)(H,49,54)/t38-/m1/s1. The molecule has 0 unspecified atom stereocenters. The number of carbonyl (C=O) groups is 4. The van der Waals surface area contributed by atoms with Crippen molar-refractivity contribution >= 4 is 40.7 Å².